The summed E-state index contributed by atoms with van der Waals surface area (Å²) in [5, 5.41) is 0. The van der Waals surface area contributed by atoms with Crippen molar-refractivity contribution in [2.45, 2.75) is 105 Å². The van der Waals surface area contributed by atoms with E-state index >= 15 is 0 Å². The van der Waals surface area contributed by atoms with Gasteiger partial charge >= 0.3 is 0 Å². The summed E-state index contributed by atoms with van der Waals surface area (Å²) in [6.45, 7) is 44.8. The van der Waals surface area contributed by atoms with Crippen molar-refractivity contribution < 1.29 is 0 Å². The lowest BCUT2D eigenvalue weighted by Gasteiger charge is -2.39. The topological polar surface area (TPSA) is 19.4 Å². The molecule has 0 aromatic carbocycles. The molecule has 6 nitrogen and oxygen atoms in total. The molecule has 2 aliphatic rings. The molecular formula is C30H64N6. The summed E-state index contributed by atoms with van der Waals surface area (Å²) in [5.74, 6) is 0. The smallest absolute Gasteiger partial charge is 0.0126 e. The Morgan fingerprint density at radius 1 is 0.306 bits per heavy atom. The van der Waals surface area contributed by atoms with Gasteiger partial charge in [-0.2, -0.15) is 0 Å². The van der Waals surface area contributed by atoms with E-state index < -0.39 is 0 Å². The lowest BCUT2D eigenvalue weighted by molar-refractivity contribution is 0.0891. The molecule has 0 aromatic rings. The first kappa shape index (κ1) is 32.0. The van der Waals surface area contributed by atoms with Gasteiger partial charge in [0.2, 0.25) is 0 Å². The van der Waals surface area contributed by atoms with Gasteiger partial charge in [0.05, 0.1) is 0 Å². The van der Waals surface area contributed by atoms with Crippen LogP contribution in [0.2, 0.25) is 0 Å². The second-order valence-electron chi connectivity index (χ2n) is 15.3. The van der Waals surface area contributed by atoms with Crippen molar-refractivity contribution in [2.24, 2.45) is 0 Å². The van der Waals surface area contributed by atoms with E-state index in [9.17, 15) is 0 Å². The van der Waals surface area contributed by atoms with Crippen LogP contribution in [0.3, 0.4) is 0 Å². The molecule has 2 saturated heterocycles. The van der Waals surface area contributed by atoms with E-state index in [1.165, 1.54) is 39.3 Å². The third-order valence-corrected chi connectivity index (χ3v) is 8.55. The molecule has 0 bridgehead atoms. The van der Waals surface area contributed by atoms with E-state index in [1.54, 1.807) is 0 Å². The molecule has 0 aliphatic carbocycles. The molecule has 2 rings (SSSR count). The predicted octanol–water partition coefficient (Wildman–Crippen LogP) is 4.02. The normalized spacial score (nSPS) is 24.0. The van der Waals surface area contributed by atoms with E-state index in [1.807, 2.05) is 0 Å². The molecule has 0 spiro atoms. The molecule has 0 aromatic heterocycles. The summed E-state index contributed by atoms with van der Waals surface area (Å²) >= 11 is 0. The number of hydrogen-bond donors (Lipinski definition) is 0. The van der Waals surface area contributed by atoms with Crippen molar-refractivity contribution in [3.8, 4) is 0 Å². The van der Waals surface area contributed by atoms with Crippen molar-refractivity contribution in [3.05, 3.63) is 0 Å². The van der Waals surface area contributed by atoms with Gasteiger partial charge in [-0.15, -0.1) is 0 Å². The highest BCUT2D eigenvalue weighted by Gasteiger charge is 2.30. The zero-order valence-electron chi connectivity index (χ0n) is 26.6. The molecule has 2 fully saturated rings. The molecule has 2 heterocycles. The average molecular weight is 509 g/mol. The van der Waals surface area contributed by atoms with Gasteiger partial charge in [-0.3, -0.25) is 29.4 Å². The molecule has 0 saturated carbocycles. The first-order valence-electron chi connectivity index (χ1n) is 14.8. The van der Waals surface area contributed by atoms with E-state index in [0.717, 1.165) is 52.4 Å². The summed E-state index contributed by atoms with van der Waals surface area (Å²) in [6, 6.07) is 0. The van der Waals surface area contributed by atoms with Crippen molar-refractivity contribution in [3.63, 3.8) is 0 Å². The van der Waals surface area contributed by atoms with Crippen LogP contribution in [0, 0.1) is 0 Å². The number of rotatable bonds is 3. The van der Waals surface area contributed by atoms with Gasteiger partial charge in [-0.25, -0.2) is 0 Å². The SMILES string of the molecule is CC(C)(C)N1CCN(CCN2CCN(C(C)(C)C)CCN(C(C)(C)C)CC2)CCN(C(C)(C)C)CC1. The van der Waals surface area contributed by atoms with Gasteiger partial charge < -0.3 is 0 Å². The van der Waals surface area contributed by atoms with Gasteiger partial charge in [-0.1, -0.05) is 0 Å². The second kappa shape index (κ2) is 12.7. The molecule has 6 heteroatoms. The van der Waals surface area contributed by atoms with Gasteiger partial charge in [0.25, 0.3) is 0 Å². The summed E-state index contributed by atoms with van der Waals surface area (Å²) in [5.41, 5.74) is 0.864. The van der Waals surface area contributed by atoms with Gasteiger partial charge in [0.15, 0.2) is 0 Å². The predicted molar refractivity (Wildman–Crippen MR) is 158 cm³/mol. The van der Waals surface area contributed by atoms with Crippen LogP contribution in [0.4, 0.5) is 0 Å². The third kappa shape index (κ3) is 10.5. The average Bonchev–Trinajstić information content (AvgIpc) is 2.88. The fraction of sp³-hybridized carbons (Fsp3) is 1.00. The zero-order chi connectivity index (χ0) is 27.4. The fourth-order valence-corrected chi connectivity index (χ4v) is 5.62. The molecular weight excluding hydrogens is 444 g/mol. The Labute approximate surface area is 226 Å². The number of nitrogens with zero attached hydrogens (tertiary/aromatic N) is 6. The van der Waals surface area contributed by atoms with Crippen molar-refractivity contribution in [1.29, 1.82) is 0 Å². The fourth-order valence-electron chi connectivity index (χ4n) is 5.62. The van der Waals surface area contributed by atoms with Crippen LogP contribution in [-0.2, 0) is 0 Å². The Morgan fingerprint density at radius 2 is 0.472 bits per heavy atom. The largest absolute Gasteiger partial charge is 0.300 e. The minimum absolute atomic E-state index is 0.216. The van der Waals surface area contributed by atoms with E-state index in [2.05, 4.69) is 112 Å². The minimum Gasteiger partial charge on any atom is -0.300 e. The molecule has 0 N–H and O–H groups in total. The van der Waals surface area contributed by atoms with Crippen LogP contribution in [0.1, 0.15) is 83.1 Å². The maximum Gasteiger partial charge on any atom is 0.0126 e. The quantitative estimate of drug-likeness (QED) is 0.569. The summed E-state index contributed by atoms with van der Waals surface area (Å²) in [6.07, 6.45) is 0. The Morgan fingerprint density at radius 3 is 0.639 bits per heavy atom. The van der Waals surface area contributed by atoms with Crippen LogP contribution < -0.4 is 0 Å². The monoisotopic (exact) mass is 509 g/mol. The first-order chi connectivity index (χ1) is 16.4. The van der Waals surface area contributed by atoms with Crippen LogP contribution in [-0.4, -0.2) is 143 Å². The highest BCUT2D eigenvalue weighted by atomic mass is 15.3. The van der Waals surface area contributed by atoms with Crippen molar-refractivity contribution in [2.75, 3.05) is 91.6 Å². The Balaban J connectivity index is 2.09. The molecule has 0 amide bonds. The Hall–Kier alpha value is -0.240. The van der Waals surface area contributed by atoms with Gasteiger partial charge in [0, 0.05) is 114 Å². The summed E-state index contributed by atoms with van der Waals surface area (Å²) in [4.78, 5) is 16.3. The zero-order valence-corrected chi connectivity index (χ0v) is 26.6. The maximum absolute atomic E-state index is 2.75. The standard InChI is InChI=1S/C30H64N6/c1-27(2,3)33-19-15-31(16-20-34(24-23-33)28(4,5)6)13-14-32-17-21-35(29(7,8)9)25-26-36(22-18-32)30(10,11)12/h13-26H2,1-12H3. The second-order valence-corrected chi connectivity index (χ2v) is 15.3. The van der Waals surface area contributed by atoms with Crippen molar-refractivity contribution >= 4 is 0 Å². The van der Waals surface area contributed by atoms with Gasteiger partial charge in [-0.05, 0) is 83.1 Å². The highest BCUT2D eigenvalue weighted by Crippen LogP contribution is 2.20. The van der Waals surface area contributed by atoms with E-state index in [-0.39, 0.29) is 22.2 Å². The summed E-state index contributed by atoms with van der Waals surface area (Å²) < 4.78 is 0. The lowest BCUT2D eigenvalue weighted by atomic mass is 10.0. The number of hydrogen-bond acceptors (Lipinski definition) is 6. The van der Waals surface area contributed by atoms with Crippen molar-refractivity contribution in [1.82, 2.24) is 29.4 Å². The molecule has 2 aliphatic heterocycles. The van der Waals surface area contributed by atoms with Crippen LogP contribution in [0.5, 0.6) is 0 Å². The molecule has 0 radical (unpaired) electrons. The maximum atomic E-state index is 2.75. The van der Waals surface area contributed by atoms with Crippen LogP contribution in [0.25, 0.3) is 0 Å². The third-order valence-electron chi connectivity index (χ3n) is 8.55. The molecule has 0 atom stereocenters. The Kier molecular flexibility index (Phi) is 11.3. The lowest BCUT2D eigenvalue weighted by Crippen LogP contribution is -2.50. The van der Waals surface area contributed by atoms with Crippen LogP contribution >= 0.6 is 0 Å². The first-order valence-corrected chi connectivity index (χ1v) is 14.8. The van der Waals surface area contributed by atoms with Crippen LogP contribution in [0.15, 0.2) is 0 Å². The van der Waals surface area contributed by atoms with Gasteiger partial charge in [0.1, 0.15) is 0 Å². The molecule has 214 valence electrons. The molecule has 36 heavy (non-hydrogen) atoms. The Bertz CT molecular complexity index is 528. The van der Waals surface area contributed by atoms with E-state index in [4.69, 9.17) is 0 Å². The highest BCUT2D eigenvalue weighted by molar-refractivity contribution is 4.86. The summed E-state index contributed by atoms with van der Waals surface area (Å²) in [7, 11) is 0. The minimum atomic E-state index is 0.216. The molecule has 0 unspecified atom stereocenters. The van der Waals surface area contributed by atoms with E-state index in [0.29, 0.717) is 0 Å².